The third-order valence-corrected chi connectivity index (χ3v) is 3.60. The fourth-order valence-electron chi connectivity index (χ4n) is 2.58. The summed E-state index contributed by atoms with van der Waals surface area (Å²) in [4.78, 5) is 7.94. The maximum Gasteiger partial charge on any atom is 0.163 e. The van der Waals surface area contributed by atoms with Gasteiger partial charge in [0.25, 0.3) is 0 Å². The second-order valence-corrected chi connectivity index (χ2v) is 5.05. The van der Waals surface area contributed by atoms with E-state index in [9.17, 15) is 0 Å². The van der Waals surface area contributed by atoms with Crippen LogP contribution in [0.25, 0.3) is 11.0 Å². The first-order valence-electron chi connectivity index (χ1n) is 7.02. The second-order valence-electron chi connectivity index (χ2n) is 5.05. The van der Waals surface area contributed by atoms with E-state index >= 15 is 0 Å². The first-order chi connectivity index (χ1) is 9.90. The Labute approximate surface area is 116 Å². The van der Waals surface area contributed by atoms with Crippen molar-refractivity contribution in [2.24, 2.45) is 0 Å². The van der Waals surface area contributed by atoms with Crippen molar-refractivity contribution in [3.63, 3.8) is 0 Å². The molecule has 1 atom stereocenters. The molecule has 0 amide bonds. The van der Waals surface area contributed by atoms with E-state index in [2.05, 4.69) is 15.3 Å². The lowest BCUT2D eigenvalue weighted by Crippen LogP contribution is -2.33. The molecule has 2 aliphatic heterocycles. The summed E-state index contributed by atoms with van der Waals surface area (Å²) in [5.41, 5.74) is 1.84. The predicted molar refractivity (Wildman–Crippen MR) is 73.3 cm³/mol. The third-order valence-electron chi connectivity index (χ3n) is 3.60. The summed E-state index contributed by atoms with van der Waals surface area (Å²) in [7, 11) is 0. The van der Waals surface area contributed by atoms with Crippen LogP contribution in [0, 0.1) is 0 Å². The molecule has 1 saturated heterocycles. The van der Waals surface area contributed by atoms with E-state index in [1.807, 2.05) is 12.1 Å². The Balaban J connectivity index is 1.72. The molecular weight excluding hydrogens is 258 g/mol. The molecule has 4 rings (SSSR count). The predicted octanol–water partition coefficient (Wildman–Crippen LogP) is 1.39. The van der Waals surface area contributed by atoms with Crippen LogP contribution in [0.15, 0.2) is 12.1 Å². The lowest BCUT2D eigenvalue weighted by atomic mass is 10.3. The van der Waals surface area contributed by atoms with Gasteiger partial charge in [0.2, 0.25) is 0 Å². The maximum atomic E-state index is 5.72. The highest BCUT2D eigenvalue weighted by molar-refractivity contribution is 5.80. The highest BCUT2D eigenvalue weighted by atomic mass is 16.5. The van der Waals surface area contributed by atoms with Gasteiger partial charge in [-0.3, -0.25) is 0 Å². The molecule has 0 radical (unpaired) electrons. The molecule has 1 aromatic carbocycles. The molecule has 1 fully saturated rings. The van der Waals surface area contributed by atoms with Gasteiger partial charge < -0.3 is 24.5 Å². The molecule has 1 unspecified atom stereocenters. The van der Waals surface area contributed by atoms with Gasteiger partial charge in [-0.05, 0) is 0 Å². The highest BCUT2D eigenvalue weighted by Crippen LogP contribution is 2.34. The highest BCUT2D eigenvalue weighted by Gasteiger charge is 2.20. The monoisotopic (exact) mass is 275 g/mol. The number of nitrogens with zero attached hydrogens (tertiary/aromatic N) is 1. The van der Waals surface area contributed by atoms with E-state index in [4.69, 9.17) is 14.2 Å². The number of imidazole rings is 1. The molecule has 6 heteroatoms. The molecule has 2 aromatic rings. The van der Waals surface area contributed by atoms with Crippen LogP contribution in [0.2, 0.25) is 0 Å². The van der Waals surface area contributed by atoms with E-state index in [1.165, 1.54) is 0 Å². The van der Waals surface area contributed by atoms with Gasteiger partial charge in [0.05, 0.1) is 30.9 Å². The number of hydrogen-bond acceptors (Lipinski definition) is 5. The number of nitrogens with one attached hydrogen (secondary N) is 2. The van der Waals surface area contributed by atoms with Crippen LogP contribution >= 0.6 is 0 Å². The van der Waals surface area contributed by atoms with Gasteiger partial charge in [-0.15, -0.1) is 0 Å². The van der Waals surface area contributed by atoms with Crippen molar-refractivity contribution in [3.8, 4) is 11.5 Å². The minimum Gasteiger partial charge on any atom is -0.489 e. The van der Waals surface area contributed by atoms with Gasteiger partial charge >= 0.3 is 0 Å². The quantitative estimate of drug-likeness (QED) is 0.823. The van der Waals surface area contributed by atoms with E-state index < -0.39 is 0 Å². The molecule has 6 nitrogen and oxygen atoms in total. The van der Waals surface area contributed by atoms with Crippen molar-refractivity contribution in [1.29, 1.82) is 0 Å². The van der Waals surface area contributed by atoms with Crippen molar-refractivity contribution < 1.29 is 14.2 Å². The minimum absolute atomic E-state index is 0.0159. The number of aromatic nitrogens is 2. The Morgan fingerprint density at radius 2 is 1.95 bits per heavy atom. The fourth-order valence-corrected chi connectivity index (χ4v) is 2.58. The lowest BCUT2D eigenvalue weighted by molar-refractivity contribution is 0.0228. The molecule has 0 bridgehead atoms. The van der Waals surface area contributed by atoms with E-state index in [0.29, 0.717) is 19.8 Å². The fraction of sp³-hybridized carbons (Fsp3) is 0.500. The average Bonchev–Trinajstić information content (AvgIpc) is 2.76. The van der Waals surface area contributed by atoms with Crippen molar-refractivity contribution in [1.82, 2.24) is 15.3 Å². The second kappa shape index (κ2) is 4.96. The van der Waals surface area contributed by atoms with Crippen LogP contribution in [0.1, 0.15) is 18.3 Å². The van der Waals surface area contributed by atoms with Crippen LogP contribution in [0.4, 0.5) is 0 Å². The normalized spacial score (nSPS) is 22.7. The Kier molecular flexibility index (Phi) is 2.97. The molecule has 1 aromatic heterocycles. The third kappa shape index (κ3) is 2.10. The number of benzene rings is 1. The maximum absolute atomic E-state index is 5.72. The Bertz CT molecular complexity index is 576. The van der Waals surface area contributed by atoms with Crippen molar-refractivity contribution in [2.45, 2.75) is 12.5 Å². The minimum atomic E-state index is -0.0159. The number of morpholine rings is 1. The smallest absolute Gasteiger partial charge is 0.163 e. The van der Waals surface area contributed by atoms with Gasteiger partial charge in [-0.1, -0.05) is 0 Å². The van der Waals surface area contributed by atoms with Crippen LogP contribution < -0.4 is 14.8 Å². The molecule has 0 saturated carbocycles. The molecule has 0 spiro atoms. The van der Waals surface area contributed by atoms with Gasteiger partial charge in [0, 0.05) is 31.6 Å². The first kappa shape index (κ1) is 12.0. The van der Waals surface area contributed by atoms with E-state index in [0.717, 1.165) is 47.9 Å². The number of fused-ring (bicyclic) bond motifs is 2. The summed E-state index contributed by atoms with van der Waals surface area (Å²) in [5.74, 6) is 2.41. The summed E-state index contributed by atoms with van der Waals surface area (Å²) < 4.78 is 17.1. The molecule has 2 aliphatic rings. The SMILES string of the molecule is c1c2c(cc3[nH]c(C4CNCCO4)nc13)OCCCO2. The van der Waals surface area contributed by atoms with Gasteiger partial charge in [0.15, 0.2) is 11.5 Å². The molecule has 2 N–H and O–H groups in total. The van der Waals surface area contributed by atoms with Crippen LogP contribution in [-0.2, 0) is 4.74 Å². The first-order valence-corrected chi connectivity index (χ1v) is 7.02. The number of ether oxygens (including phenoxy) is 3. The zero-order chi connectivity index (χ0) is 13.4. The van der Waals surface area contributed by atoms with Crippen molar-refractivity contribution in [3.05, 3.63) is 18.0 Å². The zero-order valence-electron chi connectivity index (χ0n) is 11.1. The average molecular weight is 275 g/mol. The number of H-pyrrole nitrogens is 1. The zero-order valence-corrected chi connectivity index (χ0v) is 11.1. The summed E-state index contributed by atoms with van der Waals surface area (Å²) in [6, 6.07) is 3.90. The lowest BCUT2D eigenvalue weighted by Gasteiger charge is -2.21. The molecular formula is C14H17N3O3. The summed E-state index contributed by atoms with van der Waals surface area (Å²) in [6.45, 7) is 3.77. The molecule has 106 valence electrons. The van der Waals surface area contributed by atoms with E-state index in [1.54, 1.807) is 0 Å². The Hall–Kier alpha value is -1.79. The van der Waals surface area contributed by atoms with Crippen LogP contribution in [0.5, 0.6) is 11.5 Å². The van der Waals surface area contributed by atoms with Gasteiger partial charge in [-0.25, -0.2) is 4.98 Å². The molecule has 0 aliphatic carbocycles. The number of aromatic amines is 1. The van der Waals surface area contributed by atoms with Crippen molar-refractivity contribution >= 4 is 11.0 Å². The van der Waals surface area contributed by atoms with Crippen LogP contribution in [0.3, 0.4) is 0 Å². The largest absolute Gasteiger partial charge is 0.489 e. The summed E-state index contributed by atoms with van der Waals surface area (Å²) >= 11 is 0. The molecule has 20 heavy (non-hydrogen) atoms. The van der Waals surface area contributed by atoms with Crippen LogP contribution in [-0.4, -0.2) is 42.9 Å². The summed E-state index contributed by atoms with van der Waals surface area (Å²) in [5, 5.41) is 3.31. The Morgan fingerprint density at radius 3 is 2.75 bits per heavy atom. The van der Waals surface area contributed by atoms with Gasteiger partial charge in [-0.2, -0.15) is 0 Å². The molecule has 3 heterocycles. The Morgan fingerprint density at radius 1 is 1.10 bits per heavy atom. The van der Waals surface area contributed by atoms with Gasteiger partial charge in [0.1, 0.15) is 11.9 Å². The van der Waals surface area contributed by atoms with Crippen molar-refractivity contribution in [2.75, 3.05) is 32.9 Å². The van der Waals surface area contributed by atoms with E-state index in [-0.39, 0.29) is 6.10 Å². The number of rotatable bonds is 1. The number of hydrogen-bond donors (Lipinski definition) is 2. The topological polar surface area (TPSA) is 68.4 Å². The summed E-state index contributed by atoms with van der Waals surface area (Å²) in [6.07, 6.45) is 0.890. The standard InChI is InChI=1S/C14H17N3O3/c1-3-18-11-6-9-10(7-12(11)19-4-1)17-14(16-9)13-8-15-2-5-20-13/h6-7,13,15H,1-5,8H2,(H,16,17).